The van der Waals surface area contributed by atoms with Crippen LogP contribution >= 0.6 is 12.4 Å². The number of rotatable bonds is 2. The molecule has 5 heteroatoms. The summed E-state index contributed by atoms with van der Waals surface area (Å²) in [7, 11) is 0. The van der Waals surface area contributed by atoms with Gasteiger partial charge in [0.05, 0.1) is 0 Å². The molecule has 0 aromatic heterocycles. The number of hydrogen-bond donors (Lipinski definition) is 1. The smallest absolute Gasteiger partial charge is 1.00 e. The number of carboxylic acid groups (broad SMARTS) is 1. The Labute approximate surface area is 150 Å². The molecule has 0 aliphatic heterocycles. The van der Waals surface area contributed by atoms with Crippen LogP contribution in [0.1, 0.15) is 11.2 Å². The molecule has 2 nitrogen and oxygen atoms in total. The minimum Gasteiger partial charge on any atom is -1.00 e. The molecule has 0 bridgehead atoms. The van der Waals surface area contributed by atoms with Crippen molar-refractivity contribution in [3.63, 3.8) is 0 Å². The molecule has 0 aliphatic carbocycles. The van der Waals surface area contributed by atoms with Crippen molar-refractivity contribution in [2.75, 3.05) is 0 Å². The molecule has 0 aromatic rings. The first-order valence-electron chi connectivity index (χ1n) is 2.29. The van der Waals surface area contributed by atoms with Crippen LogP contribution in [0.5, 0.6) is 0 Å². The summed E-state index contributed by atoms with van der Waals surface area (Å²) >= 11 is 0. The number of hydrogen-bond acceptors (Lipinski definition) is 1. The summed E-state index contributed by atoms with van der Waals surface area (Å²) in [5.41, 5.74) is 0. The first-order valence-corrected chi connectivity index (χ1v) is 2.29. The summed E-state index contributed by atoms with van der Waals surface area (Å²) in [6, 6.07) is 0. The molecule has 0 amide bonds. The van der Waals surface area contributed by atoms with Crippen molar-refractivity contribution in [3.05, 3.63) is 24.3 Å². The van der Waals surface area contributed by atoms with Crippen molar-refractivity contribution in [2.24, 2.45) is 0 Å². The zero-order valence-electron chi connectivity index (χ0n) is 9.78. The van der Waals surface area contributed by atoms with E-state index in [0.717, 1.165) is 6.08 Å². The van der Waals surface area contributed by atoms with Crippen molar-refractivity contribution < 1.29 is 65.6 Å². The average Bonchev–Trinajstić information content (AvgIpc) is 1.66. The van der Waals surface area contributed by atoms with Crippen molar-refractivity contribution in [1.29, 1.82) is 0 Å². The Balaban J connectivity index is -0.0000000163. The molecular formula is C6H12CaClKO2. The molecule has 58 valence electrons. The maximum Gasteiger partial charge on any atom is 2.00 e. The van der Waals surface area contributed by atoms with Crippen LogP contribution < -0.4 is 51.4 Å². The van der Waals surface area contributed by atoms with Crippen LogP contribution in [0, 0.1) is 0 Å². The Kier molecular flexibility index (Phi) is 38.0. The maximum absolute atomic E-state index is 9.75. The number of allylic oxidation sites excluding steroid dienone is 3. The fourth-order valence-corrected chi connectivity index (χ4v) is 0.249. The van der Waals surface area contributed by atoms with Gasteiger partial charge in [-0.25, -0.2) is 4.79 Å². The average molecular weight is 231 g/mol. The molecule has 1 N–H and O–H groups in total. The maximum atomic E-state index is 9.75. The van der Waals surface area contributed by atoms with Gasteiger partial charge in [-0.2, -0.15) is 0 Å². The second-order valence-electron chi connectivity index (χ2n) is 1.22. The molecule has 0 unspecified atom stereocenters. The summed E-state index contributed by atoms with van der Waals surface area (Å²) in [5.74, 6) is -0.914. The van der Waals surface area contributed by atoms with Crippen molar-refractivity contribution in [1.82, 2.24) is 0 Å². The van der Waals surface area contributed by atoms with Crippen LogP contribution in [-0.4, -0.2) is 48.8 Å². The van der Waals surface area contributed by atoms with E-state index in [1.54, 1.807) is 12.2 Å². The van der Waals surface area contributed by atoms with Crippen LogP contribution in [0.2, 0.25) is 0 Å². The predicted molar refractivity (Wildman–Crippen MR) is 47.9 cm³/mol. The Bertz CT molecular complexity index is 147. The van der Waals surface area contributed by atoms with E-state index in [1.807, 2.05) is 6.92 Å². The Morgan fingerprint density at radius 3 is 2.18 bits per heavy atom. The molecule has 0 radical (unpaired) electrons. The van der Waals surface area contributed by atoms with E-state index in [9.17, 15) is 4.79 Å². The monoisotopic (exact) mass is 230 g/mol. The van der Waals surface area contributed by atoms with Gasteiger partial charge in [0.25, 0.3) is 0 Å². The third kappa shape index (κ3) is 24.5. The number of halogens is 1. The fraction of sp³-hybridized carbons (Fsp3) is 0.167. The molecule has 0 aromatic carbocycles. The van der Waals surface area contributed by atoms with E-state index in [2.05, 4.69) is 0 Å². The topological polar surface area (TPSA) is 37.3 Å². The van der Waals surface area contributed by atoms with Crippen LogP contribution in [0.3, 0.4) is 0 Å². The molecule has 0 rings (SSSR count). The molecule has 0 heterocycles. The van der Waals surface area contributed by atoms with Gasteiger partial charge in [0.2, 0.25) is 0 Å². The van der Waals surface area contributed by atoms with Crippen LogP contribution in [0.4, 0.5) is 0 Å². The van der Waals surface area contributed by atoms with Gasteiger partial charge in [-0.3, -0.25) is 0 Å². The zero-order chi connectivity index (χ0) is 6.41. The van der Waals surface area contributed by atoms with Gasteiger partial charge < -0.3 is 9.39 Å². The van der Waals surface area contributed by atoms with Gasteiger partial charge in [-0.15, -0.1) is 12.4 Å². The first kappa shape index (κ1) is 23.2. The molecular weight excluding hydrogens is 219 g/mol. The first-order chi connectivity index (χ1) is 3.77. The third-order valence-corrected chi connectivity index (χ3v) is 0.542. The Morgan fingerprint density at radius 2 is 1.91 bits per heavy atom. The normalized spacial score (nSPS) is 8.09. The summed E-state index contributed by atoms with van der Waals surface area (Å²) in [5, 5.41) is 8.02. The molecule has 0 saturated carbocycles. The van der Waals surface area contributed by atoms with Gasteiger partial charge in [0.15, 0.2) is 0 Å². The van der Waals surface area contributed by atoms with Crippen molar-refractivity contribution in [3.8, 4) is 0 Å². The molecule has 0 spiro atoms. The minimum atomic E-state index is -0.914. The largest absolute Gasteiger partial charge is 2.00 e. The number of carbonyl (C=O) groups is 1. The van der Waals surface area contributed by atoms with Crippen molar-refractivity contribution in [2.45, 2.75) is 6.92 Å². The van der Waals surface area contributed by atoms with Gasteiger partial charge in [0, 0.05) is 6.08 Å². The SMILES string of the molecule is C/C=C/C=C/C(=O)O.Cl.[Ca+2].[H-].[H-].[H-].[K+]. The van der Waals surface area contributed by atoms with Gasteiger partial charge in [-0.1, -0.05) is 18.2 Å². The molecule has 0 aliphatic rings. The van der Waals surface area contributed by atoms with Crippen molar-refractivity contribution >= 4 is 56.1 Å². The molecule has 0 fully saturated rings. The molecule has 11 heavy (non-hydrogen) atoms. The van der Waals surface area contributed by atoms with E-state index in [1.165, 1.54) is 6.08 Å². The Hall–Kier alpha value is 2.14. The van der Waals surface area contributed by atoms with Crippen LogP contribution in [0.15, 0.2) is 24.3 Å². The zero-order valence-corrected chi connectivity index (χ0v) is 12.9. The summed E-state index contributed by atoms with van der Waals surface area (Å²) in [6.45, 7) is 1.83. The quantitative estimate of drug-likeness (QED) is 0.360. The standard InChI is InChI=1S/C6H8O2.Ca.ClH.K.3H/c1-2-3-4-5-6(7)8;;;;;;/h2-5H,1H3,(H,7,8);;1H;;;;/q;+2;;+1;3*-1/b3-2+,5-4+;;;;;;. The number of carboxylic acids is 1. The van der Waals surface area contributed by atoms with E-state index in [0.29, 0.717) is 0 Å². The van der Waals surface area contributed by atoms with Gasteiger partial charge >= 0.3 is 95.1 Å². The molecule has 0 atom stereocenters. The Morgan fingerprint density at radius 1 is 1.45 bits per heavy atom. The molecule has 0 saturated heterocycles. The van der Waals surface area contributed by atoms with E-state index >= 15 is 0 Å². The number of aliphatic carboxylic acids is 1. The van der Waals surface area contributed by atoms with E-state index < -0.39 is 5.97 Å². The second-order valence-corrected chi connectivity index (χ2v) is 1.22. The van der Waals surface area contributed by atoms with Crippen LogP contribution in [0.25, 0.3) is 0 Å². The fourth-order valence-electron chi connectivity index (χ4n) is 0.249. The van der Waals surface area contributed by atoms with E-state index in [4.69, 9.17) is 5.11 Å². The van der Waals surface area contributed by atoms with Gasteiger partial charge in [0.1, 0.15) is 0 Å². The summed E-state index contributed by atoms with van der Waals surface area (Å²) in [6.07, 6.45) is 5.98. The minimum absolute atomic E-state index is 0. The van der Waals surface area contributed by atoms with Crippen LogP contribution in [-0.2, 0) is 4.79 Å². The summed E-state index contributed by atoms with van der Waals surface area (Å²) < 4.78 is 0. The van der Waals surface area contributed by atoms with Gasteiger partial charge in [-0.05, 0) is 6.92 Å². The summed E-state index contributed by atoms with van der Waals surface area (Å²) in [4.78, 5) is 9.75. The second kappa shape index (κ2) is 18.0. The predicted octanol–water partition coefficient (Wildman–Crippen LogP) is -1.41. The third-order valence-electron chi connectivity index (χ3n) is 0.542. The van der Waals surface area contributed by atoms with E-state index in [-0.39, 0.29) is 106 Å².